The predicted molar refractivity (Wildman–Crippen MR) is 67.1 cm³/mol. The van der Waals surface area contributed by atoms with E-state index in [4.69, 9.17) is 0 Å². The Morgan fingerprint density at radius 2 is 2.06 bits per heavy atom. The van der Waals surface area contributed by atoms with Gasteiger partial charge in [-0.25, -0.2) is 4.39 Å². The molecule has 0 spiro atoms. The van der Waals surface area contributed by atoms with E-state index in [2.05, 4.69) is 19.2 Å². The topological polar surface area (TPSA) is 12.0 Å². The quantitative estimate of drug-likeness (QED) is 0.807. The van der Waals surface area contributed by atoms with E-state index < -0.39 is 0 Å². The number of likely N-dealkylation sites (N-methyl/N-ethyl adjacent to an activating group) is 1. The fourth-order valence-corrected chi connectivity index (χ4v) is 2.00. The molecule has 1 rings (SSSR count). The number of nitrogens with one attached hydrogen (secondary N) is 1. The van der Waals surface area contributed by atoms with E-state index in [1.54, 1.807) is 12.1 Å². The lowest BCUT2D eigenvalue weighted by Gasteiger charge is -2.23. The SMILES string of the molecule is CCC(C)C(Cc1ccc(F)cc1C)NC. The molecule has 2 atom stereocenters. The molecule has 16 heavy (non-hydrogen) atoms. The van der Waals surface area contributed by atoms with Crippen molar-refractivity contribution >= 4 is 0 Å². The molecule has 0 aliphatic carbocycles. The lowest BCUT2D eigenvalue weighted by molar-refractivity contribution is 0.386. The third-order valence-electron chi connectivity index (χ3n) is 3.45. The van der Waals surface area contributed by atoms with Crippen molar-refractivity contribution in [2.75, 3.05) is 7.05 Å². The Hall–Kier alpha value is -0.890. The van der Waals surface area contributed by atoms with Crippen molar-refractivity contribution in [2.24, 2.45) is 5.92 Å². The van der Waals surface area contributed by atoms with Crippen LogP contribution in [0.3, 0.4) is 0 Å². The minimum absolute atomic E-state index is 0.147. The zero-order chi connectivity index (χ0) is 12.1. The van der Waals surface area contributed by atoms with Crippen molar-refractivity contribution in [1.82, 2.24) is 5.32 Å². The molecule has 0 aromatic heterocycles. The van der Waals surface area contributed by atoms with Crippen molar-refractivity contribution < 1.29 is 4.39 Å². The van der Waals surface area contributed by atoms with Crippen LogP contribution in [0.5, 0.6) is 0 Å². The summed E-state index contributed by atoms with van der Waals surface area (Å²) in [5, 5.41) is 3.35. The fraction of sp³-hybridized carbons (Fsp3) is 0.571. The van der Waals surface area contributed by atoms with Crippen LogP contribution in [0.4, 0.5) is 4.39 Å². The van der Waals surface area contributed by atoms with E-state index in [-0.39, 0.29) is 5.82 Å². The Labute approximate surface area is 98.1 Å². The van der Waals surface area contributed by atoms with Gasteiger partial charge in [-0.1, -0.05) is 26.3 Å². The number of halogens is 1. The smallest absolute Gasteiger partial charge is 0.123 e. The minimum Gasteiger partial charge on any atom is -0.316 e. The molecule has 0 saturated carbocycles. The van der Waals surface area contributed by atoms with Crippen molar-refractivity contribution in [3.63, 3.8) is 0 Å². The summed E-state index contributed by atoms with van der Waals surface area (Å²) in [6.07, 6.45) is 2.13. The monoisotopic (exact) mass is 223 g/mol. The third-order valence-corrected chi connectivity index (χ3v) is 3.45. The van der Waals surface area contributed by atoms with E-state index in [0.717, 1.165) is 18.4 Å². The maximum Gasteiger partial charge on any atom is 0.123 e. The van der Waals surface area contributed by atoms with Gasteiger partial charge in [-0.05, 0) is 49.6 Å². The molecule has 0 fully saturated rings. The second-order valence-electron chi connectivity index (χ2n) is 4.56. The molecular weight excluding hydrogens is 201 g/mol. The van der Waals surface area contributed by atoms with E-state index in [1.165, 1.54) is 5.56 Å². The summed E-state index contributed by atoms with van der Waals surface area (Å²) in [4.78, 5) is 0. The number of hydrogen-bond donors (Lipinski definition) is 1. The molecule has 0 saturated heterocycles. The molecule has 2 unspecified atom stereocenters. The molecule has 1 aromatic carbocycles. The van der Waals surface area contributed by atoms with Crippen LogP contribution in [0.2, 0.25) is 0 Å². The molecule has 2 heteroatoms. The van der Waals surface area contributed by atoms with Crippen LogP contribution >= 0.6 is 0 Å². The van der Waals surface area contributed by atoms with Crippen molar-refractivity contribution in [3.05, 3.63) is 35.1 Å². The van der Waals surface area contributed by atoms with Gasteiger partial charge in [0.15, 0.2) is 0 Å². The van der Waals surface area contributed by atoms with Crippen LogP contribution in [-0.2, 0) is 6.42 Å². The molecule has 0 aliphatic heterocycles. The van der Waals surface area contributed by atoms with Crippen molar-refractivity contribution in [3.8, 4) is 0 Å². The molecular formula is C14H22FN. The second-order valence-corrected chi connectivity index (χ2v) is 4.56. The Bertz CT molecular complexity index is 336. The summed E-state index contributed by atoms with van der Waals surface area (Å²) in [6.45, 7) is 6.42. The average Bonchev–Trinajstić information content (AvgIpc) is 2.27. The van der Waals surface area contributed by atoms with Gasteiger partial charge in [0.2, 0.25) is 0 Å². The average molecular weight is 223 g/mol. The van der Waals surface area contributed by atoms with Gasteiger partial charge in [0.05, 0.1) is 0 Å². The van der Waals surface area contributed by atoms with Gasteiger partial charge in [-0.15, -0.1) is 0 Å². The van der Waals surface area contributed by atoms with E-state index in [1.807, 2.05) is 20.0 Å². The highest BCUT2D eigenvalue weighted by molar-refractivity contribution is 5.27. The first-order chi connectivity index (χ1) is 7.58. The molecule has 0 bridgehead atoms. The van der Waals surface area contributed by atoms with E-state index >= 15 is 0 Å². The van der Waals surface area contributed by atoms with Crippen molar-refractivity contribution in [1.29, 1.82) is 0 Å². The molecule has 0 amide bonds. The maximum absolute atomic E-state index is 13.0. The van der Waals surface area contributed by atoms with Crippen LogP contribution in [0, 0.1) is 18.7 Å². The molecule has 1 aromatic rings. The lowest BCUT2D eigenvalue weighted by atomic mass is 9.91. The molecule has 90 valence electrons. The largest absolute Gasteiger partial charge is 0.316 e. The number of aryl methyl sites for hydroxylation is 1. The minimum atomic E-state index is -0.147. The van der Waals surface area contributed by atoms with Crippen LogP contribution in [0.25, 0.3) is 0 Å². The van der Waals surface area contributed by atoms with Crippen LogP contribution in [-0.4, -0.2) is 13.1 Å². The third kappa shape index (κ3) is 3.31. The molecule has 0 heterocycles. The van der Waals surface area contributed by atoms with Gasteiger partial charge in [0.1, 0.15) is 5.82 Å². The van der Waals surface area contributed by atoms with Gasteiger partial charge < -0.3 is 5.32 Å². The summed E-state index contributed by atoms with van der Waals surface area (Å²) < 4.78 is 13.0. The van der Waals surface area contributed by atoms with Gasteiger partial charge in [-0.2, -0.15) is 0 Å². The summed E-state index contributed by atoms with van der Waals surface area (Å²) >= 11 is 0. The summed E-state index contributed by atoms with van der Waals surface area (Å²) in [5.41, 5.74) is 2.28. The van der Waals surface area contributed by atoms with Crippen LogP contribution < -0.4 is 5.32 Å². The predicted octanol–water partition coefficient (Wildman–Crippen LogP) is 3.31. The van der Waals surface area contributed by atoms with Gasteiger partial charge in [0, 0.05) is 6.04 Å². The highest BCUT2D eigenvalue weighted by Gasteiger charge is 2.15. The number of benzene rings is 1. The lowest BCUT2D eigenvalue weighted by Crippen LogP contribution is -2.34. The maximum atomic E-state index is 13.0. The summed E-state index contributed by atoms with van der Waals surface area (Å²) in [7, 11) is 2.00. The Morgan fingerprint density at radius 1 is 1.38 bits per heavy atom. The van der Waals surface area contributed by atoms with Gasteiger partial charge in [-0.3, -0.25) is 0 Å². The first-order valence-electron chi connectivity index (χ1n) is 6.00. The van der Waals surface area contributed by atoms with E-state index in [0.29, 0.717) is 12.0 Å². The molecule has 0 aliphatic rings. The van der Waals surface area contributed by atoms with Crippen molar-refractivity contribution in [2.45, 2.75) is 39.7 Å². The highest BCUT2D eigenvalue weighted by Crippen LogP contribution is 2.17. The first-order valence-corrected chi connectivity index (χ1v) is 6.00. The highest BCUT2D eigenvalue weighted by atomic mass is 19.1. The van der Waals surface area contributed by atoms with Gasteiger partial charge in [0.25, 0.3) is 0 Å². The fourth-order valence-electron chi connectivity index (χ4n) is 2.00. The Morgan fingerprint density at radius 3 is 2.56 bits per heavy atom. The number of rotatable bonds is 5. The standard InChI is InChI=1S/C14H22FN/c1-5-10(2)14(16-4)9-12-6-7-13(15)8-11(12)3/h6-8,10,14,16H,5,9H2,1-4H3. The zero-order valence-electron chi connectivity index (χ0n) is 10.7. The molecule has 1 nitrogen and oxygen atoms in total. The number of hydrogen-bond acceptors (Lipinski definition) is 1. The summed E-state index contributed by atoms with van der Waals surface area (Å²) in [5.74, 6) is 0.486. The molecule has 0 radical (unpaired) electrons. The Kier molecular flexibility index (Phi) is 4.94. The normalized spacial score (nSPS) is 14.8. The second kappa shape index (κ2) is 6.00. The van der Waals surface area contributed by atoms with Gasteiger partial charge >= 0.3 is 0 Å². The van der Waals surface area contributed by atoms with Crippen LogP contribution in [0.15, 0.2) is 18.2 Å². The van der Waals surface area contributed by atoms with Crippen LogP contribution in [0.1, 0.15) is 31.4 Å². The first kappa shape index (κ1) is 13.2. The Balaban J connectivity index is 2.78. The summed E-state index contributed by atoms with van der Waals surface area (Å²) in [6, 6.07) is 5.52. The van der Waals surface area contributed by atoms with E-state index in [9.17, 15) is 4.39 Å². The zero-order valence-corrected chi connectivity index (χ0v) is 10.7. The molecule has 1 N–H and O–H groups in total.